The summed E-state index contributed by atoms with van der Waals surface area (Å²) in [5, 5.41) is 40.3. The largest absolute Gasteiger partial charge is 0.457 e. The quantitative estimate of drug-likeness (QED) is 0.0267. The minimum atomic E-state index is -1.55. The molecule has 0 aromatic carbocycles. The van der Waals surface area contributed by atoms with Crippen LogP contribution in [-0.4, -0.2) is 89.6 Å². The van der Waals surface area contributed by atoms with E-state index in [4.69, 9.17) is 18.9 Å². The summed E-state index contributed by atoms with van der Waals surface area (Å²) in [5.41, 5.74) is 0. The van der Waals surface area contributed by atoms with E-state index in [2.05, 4.69) is 98.9 Å². The molecule has 1 aliphatic rings. The topological polar surface area (TPSA) is 135 Å². The molecular weight excluding hydrogens is 829 g/mol. The third-order valence-electron chi connectivity index (χ3n) is 11.8. The third-order valence-corrected chi connectivity index (χ3v) is 11.8. The van der Waals surface area contributed by atoms with E-state index in [1.165, 1.54) is 116 Å². The van der Waals surface area contributed by atoms with Crippen LogP contribution in [0, 0.1) is 0 Å². The fourth-order valence-corrected chi connectivity index (χ4v) is 7.68. The third kappa shape index (κ3) is 37.4. The number of hydrogen-bond donors (Lipinski definition) is 4. The van der Waals surface area contributed by atoms with Crippen molar-refractivity contribution >= 4 is 5.97 Å². The molecule has 0 aromatic heterocycles. The number of allylic oxidation sites excluding steroid dienone is 14. The minimum Gasteiger partial charge on any atom is -0.457 e. The van der Waals surface area contributed by atoms with Gasteiger partial charge in [-0.05, 0) is 83.5 Å². The van der Waals surface area contributed by atoms with E-state index >= 15 is 0 Å². The van der Waals surface area contributed by atoms with E-state index in [1.807, 2.05) is 0 Å². The van der Waals surface area contributed by atoms with Crippen molar-refractivity contribution in [3.05, 3.63) is 85.1 Å². The van der Waals surface area contributed by atoms with Crippen LogP contribution >= 0.6 is 0 Å². The molecule has 1 saturated heterocycles. The van der Waals surface area contributed by atoms with E-state index in [0.717, 1.165) is 70.6 Å². The Balaban J connectivity index is 2.24. The number of aliphatic hydroxyl groups excluding tert-OH is 4. The van der Waals surface area contributed by atoms with E-state index < -0.39 is 43.4 Å². The molecule has 66 heavy (non-hydrogen) atoms. The molecule has 1 rings (SSSR count). The average Bonchev–Trinajstić information content (AvgIpc) is 3.32. The van der Waals surface area contributed by atoms with Crippen molar-refractivity contribution in [1.29, 1.82) is 0 Å². The fraction of sp³-hybridized carbons (Fsp3) is 0.737. The maximum Gasteiger partial charge on any atom is 0.306 e. The number of unbranched alkanes of at least 4 members (excludes halogenated alkanes) is 20. The summed E-state index contributed by atoms with van der Waals surface area (Å²) in [6, 6.07) is 0. The van der Waals surface area contributed by atoms with Gasteiger partial charge < -0.3 is 39.4 Å². The Hall–Kier alpha value is -2.63. The Morgan fingerprint density at radius 2 is 0.924 bits per heavy atom. The number of aliphatic hydroxyl groups is 4. The number of carbonyl (C=O) groups is 1. The van der Waals surface area contributed by atoms with E-state index in [-0.39, 0.29) is 19.2 Å². The van der Waals surface area contributed by atoms with Crippen molar-refractivity contribution in [2.75, 3.05) is 26.4 Å². The fourth-order valence-electron chi connectivity index (χ4n) is 7.68. The monoisotopic (exact) mass is 927 g/mol. The van der Waals surface area contributed by atoms with Crippen molar-refractivity contribution in [1.82, 2.24) is 0 Å². The Labute approximate surface area is 403 Å². The van der Waals surface area contributed by atoms with Crippen LogP contribution in [-0.2, 0) is 23.7 Å². The highest BCUT2D eigenvalue weighted by atomic mass is 16.7. The van der Waals surface area contributed by atoms with Gasteiger partial charge in [-0.2, -0.15) is 0 Å². The Morgan fingerprint density at radius 3 is 1.41 bits per heavy atom. The Kier molecular flexibility index (Phi) is 44.1. The van der Waals surface area contributed by atoms with Gasteiger partial charge in [0.1, 0.15) is 30.5 Å². The number of ether oxygens (including phenoxy) is 4. The van der Waals surface area contributed by atoms with Crippen LogP contribution in [0.3, 0.4) is 0 Å². The second-order valence-corrected chi connectivity index (χ2v) is 17.9. The Bertz CT molecular complexity index is 1280. The SMILES string of the molecule is CC/C=C\C/C=C\C/C=C\C/C=C\C/C=C\C/C=C\CCCOCC(COC1OC(CO)C(O)C(O)C1O)OC(=O)CCCCCCCCCCCCC/C=C\CCCCCCCCCC. The molecule has 0 aromatic rings. The van der Waals surface area contributed by atoms with Gasteiger partial charge >= 0.3 is 5.97 Å². The molecule has 1 heterocycles. The molecule has 9 nitrogen and oxygen atoms in total. The standard InChI is InChI=1S/C57H98O9/c1-3-5-7-9-11-13-15-17-19-21-23-25-26-27-28-30-32-34-36-38-40-42-44-46-53(59)65-51(50-64-57-56(62)55(61)54(60)52(48-58)66-57)49-63-47-45-43-41-39-37-35-33-31-29-24-22-20-18-16-14-12-10-8-6-4-2/h6,8,12,14,18,20-21,23-24,29,33,35,39,41,51-52,54-58,60-62H,3-5,7,9-11,13,15-17,19,22,25-28,30-32,34,36-38,40,42-50H2,1-2H3/b8-6-,14-12-,20-18-,23-21-,29-24-,35-33-,41-39-. The smallest absolute Gasteiger partial charge is 0.306 e. The number of carbonyl (C=O) groups excluding carboxylic acids is 1. The molecule has 380 valence electrons. The molecule has 0 spiro atoms. The van der Waals surface area contributed by atoms with Crippen molar-refractivity contribution in [3.63, 3.8) is 0 Å². The molecule has 0 amide bonds. The number of rotatable bonds is 45. The second kappa shape index (κ2) is 47.4. The molecule has 1 fully saturated rings. The molecule has 0 radical (unpaired) electrons. The van der Waals surface area contributed by atoms with Crippen molar-refractivity contribution in [2.24, 2.45) is 0 Å². The van der Waals surface area contributed by atoms with E-state index in [9.17, 15) is 25.2 Å². The lowest BCUT2D eigenvalue weighted by Gasteiger charge is -2.39. The highest BCUT2D eigenvalue weighted by Gasteiger charge is 2.44. The van der Waals surface area contributed by atoms with Crippen LogP contribution in [0.25, 0.3) is 0 Å². The highest BCUT2D eigenvalue weighted by Crippen LogP contribution is 2.23. The van der Waals surface area contributed by atoms with Crippen LogP contribution in [0.2, 0.25) is 0 Å². The molecule has 0 bridgehead atoms. The van der Waals surface area contributed by atoms with Crippen molar-refractivity contribution in [3.8, 4) is 0 Å². The van der Waals surface area contributed by atoms with Gasteiger partial charge in [0.05, 0.1) is 19.8 Å². The first-order valence-corrected chi connectivity index (χ1v) is 26.7. The summed E-state index contributed by atoms with van der Waals surface area (Å²) in [6.45, 7) is 4.30. The number of esters is 1. The van der Waals surface area contributed by atoms with Gasteiger partial charge in [-0.25, -0.2) is 0 Å². The van der Waals surface area contributed by atoms with E-state index in [0.29, 0.717) is 13.0 Å². The lowest BCUT2D eigenvalue weighted by atomic mass is 9.99. The van der Waals surface area contributed by atoms with Gasteiger partial charge in [-0.1, -0.05) is 202 Å². The molecule has 0 saturated carbocycles. The Morgan fingerprint density at radius 1 is 0.500 bits per heavy atom. The lowest BCUT2D eigenvalue weighted by Crippen LogP contribution is -2.59. The summed E-state index contributed by atoms with van der Waals surface area (Å²) in [5.74, 6) is -0.335. The van der Waals surface area contributed by atoms with Gasteiger partial charge in [0.25, 0.3) is 0 Å². The summed E-state index contributed by atoms with van der Waals surface area (Å²) >= 11 is 0. The van der Waals surface area contributed by atoms with Gasteiger partial charge in [-0.15, -0.1) is 0 Å². The maximum atomic E-state index is 12.9. The summed E-state index contributed by atoms with van der Waals surface area (Å²) < 4.78 is 22.8. The first kappa shape index (κ1) is 61.4. The average molecular weight is 927 g/mol. The highest BCUT2D eigenvalue weighted by molar-refractivity contribution is 5.69. The number of hydrogen-bond acceptors (Lipinski definition) is 9. The zero-order valence-corrected chi connectivity index (χ0v) is 41.9. The van der Waals surface area contributed by atoms with Crippen LogP contribution in [0.4, 0.5) is 0 Å². The predicted octanol–water partition coefficient (Wildman–Crippen LogP) is 13.4. The zero-order valence-electron chi connectivity index (χ0n) is 41.9. The first-order valence-electron chi connectivity index (χ1n) is 26.7. The molecule has 4 N–H and O–H groups in total. The van der Waals surface area contributed by atoms with Crippen LogP contribution in [0.15, 0.2) is 85.1 Å². The lowest BCUT2D eigenvalue weighted by molar-refractivity contribution is -0.305. The van der Waals surface area contributed by atoms with E-state index in [1.54, 1.807) is 0 Å². The first-order chi connectivity index (χ1) is 32.4. The normalized spacial score (nSPS) is 20.0. The molecule has 1 aliphatic heterocycles. The second-order valence-electron chi connectivity index (χ2n) is 17.9. The van der Waals surface area contributed by atoms with Crippen LogP contribution in [0.1, 0.15) is 206 Å². The van der Waals surface area contributed by atoms with Gasteiger partial charge in [0.2, 0.25) is 0 Å². The summed E-state index contributed by atoms with van der Waals surface area (Å²) in [7, 11) is 0. The van der Waals surface area contributed by atoms with Crippen LogP contribution in [0.5, 0.6) is 0 Å². The van der Waals surface area contributed by atoms with Gasteiger partial charge in [0.15, 0.2) is 6.29 Å². The van der Waals surface area contributed by atoms with Crippen molar-refractivity contribution < 1.29 is 44.2 Å². The van der Waals surface area contributed by atoms with Gasteiger partial charge in [-0.3, -0.25) is 4.79 Å². The summed E-state index contributed by atoms with van der Waals surface area (Å²) in [4.78, 5) is 12.9. The molecular formula is C57H98O9. The molecule has 0 aliphatic carbocycles. The maximum absolute atomic E-state index is 12.9. The molecule has 6 unspecified atom stereocenters. The van der Waals surface area contributed by atoms with Crippen LogP contribution < -0.4 is 0 Å². The minimum absolute atomic E-state index is 0.101. The van der Waals surface area contributed by atoms with Crippen molar-refractivity contribution in [2.45, 2.75) is 243 Å². The zero-order chi connectivity index (χ0) is 47.8. The molecule has 9 heteroatoms. The molecule has 6 atom stereocenters. The predicted molar refractivity (Wildman–Crippen MR) is 274 cm³/mol. The summed E-state index contributed by atoms with van der Waals surface area (Å²) in [6.07, 6.45) is 57.7. The van der Waals surface area contributed by atoms with Gasteiger partial charge in [0, 0.05) is 13.0 Å².